The van der Waals surface area contributed by atoms with E-state index < -0.39 is 11.7 Å². The molecule has 0 fully saturated rings. The fraction of sp³-hybridized carbons (Fsp3) is 0.333. The number of amides is 1. The number of rotatable bonds is 5. The third-order valence-corrected chi connectivity index (χ3v) is 3.36. The second-order valence-corrected chi connectivity index (χ2v) is 5.38. The molecule has 22 heavy (non-hydrogen) atoms. The number of carbonyl (C=O) groups is 1. The van der Waals surface area contributed by atoms with Crippen LogP contribution in [0.2, 0.25) is 0 Å². The number of hydrogen-bond donors (Lipinski definition) is 3. The molecule has 1 heterocycles. The van der Waals surface area contributed by atoms with Crippen LogP contribution in [-0.4, -0.2) is 53.8 Å². The lowest BCUT2D eigenvalue weighted by atomic mass is 10.2. The Morgan fingerprint density at radius 1 is 1.36 bits per heavy atom. The van der Waals surface area contributed by atoms with E-state index >= 15 is 0 Å². The van der Waals surface area contributed by atoms with Gasteiger partial charge in [0.2, 0.25) is 0 Å². The quantitative estimate of drug-likeness (QED) is 0.579. The number of hydrogen-bond acceptors (Lipinski definition) is 3. The fourth-order valence-corrected chi connectivity index (χ4v) is 2.26. The molecule has 0 aliphatic carbocycles. The molecule has 0 radical (unpaired) electrons. The largest absolute Gasteiger partial charge is 0.370 e. The van der Waals surface area contributed by atoms with E-state index in [9.17, 15) is 9.18 Å². The molecule has 1 amide bonds. The summed E-state index contributed by atoms with van der Waals surface area (Å²) in [6.45, 7) is 1.11. The second kappa shape index (κ2) is 6.57. The van der Waals surface area contributed by atoms with Crippen molar-refractivity contribution in [1.82, 2.24) is 14.8 Å². The van der Waals surface area contributed by atoms with E-state index in [1.807, 2.05) is 19.0 Å². The molecule has 0 atom stereocenters. The molecular formula is C15H20FN5O. The zero-order valence-corrected chi connectivity index (χ0v) is 12.7. The predicted molar refractivity (Wildman–Crippen MR) is 84.4 cm³/mol. The van der Waals surface area contributed by atoms with Crippen LogP contribution < -0.4 is 5.73 Å². The SMILES string of the molecule is CN(C)CCCN(C(=N)N)C(=O)c1cc2c(F)cccc2[nH]1. The summed E-state index contributed by atoms with van der Waals surface area (Å²) in [4.78, 5) is 18.5. The second-order valence-electron chi connectivity index (χ2n) is 5.38. The Morgan fingerprint density at radius 2 is 2.09 bits per heavy atom. The van der Waals surface area contributed by atoms with Gasteiger partial charge in [-0.05, 0) is 45.3 Å². The van der Waals surface area contributed by atoms with Gasteiger partial charge >= 0.3 is 0 Å². The van der Waals surface area contributed by atoms with Crippen molar-refractivity contribution in [1.29, 1.82) is 5.41 Å². The van der Waals surface area contributed by atoms with Crippen LogP contribution in [0.3, 0.4) is 0 Å². The Labute approximate surface area is 128 Å². The van der Waals surface area contributed by atoms with Gasteiger partial charge in [0, 0.05) is 17.4 Å². The first-order chi connectivity index (χ1) is 10.4. The summed E-state index contributed by atoms with van der Waals surface area (Å²) in [5.41, 5.74) is 6.27. The van der Waals surface area contributed by atoms with Crippen molar-refractivity contribution in [2.24, 2.45) is 5.73 Å². The third kappa shape index (κ3) is 3.43. The highest BCUT2D eigenvalue weighted by molar-refractivity contribution is 6.05. The van der Waals surface area contributed by atoms with E-state index in [2.05, 4.69) is 4.98 Å². The molecule has 2 aromatic rings. The first-order valence-corrected chi connectivity index (χ1v) is 6.98. The molecule has 0 aliphatic rings. The molecule has 0 spiro atoms. The fourth-order valence-electron chi connectivity index (χ4n) is 2.26. The zero-order chi connectivity index (χ0) is 16.3. The summed E-state index contributed by atoms with van der Waals surface area (Å²) in [7, 11) is 3.86. The zero-order valence-electron chi connectivity index (χ0n) is 12.7. The molecule has 4 N–H and O–H groups in total. The van der Waals surface area contributed by atoms with Crippen LogP contribution in [0.15, 0.2) is 24.3 Å². The average molecular weight is 305 g/mol. The number of nitrogens with one attached hydrogen (secondary N) is 2. The van der Waals surface area contributed by atoms with Crippen molar-refractivity contribution < 1.29 is 9.18 Å². The van der Waals surface area contributed by atoms with Crippen LogP contribution in [0.4, 0.5) is 4.39 Å². The van der Waals surface area contributed by atoms with Crippen LogP contribution in [0.1, 0.15) is 16.9 Å². The Morgan fingerprint density at radius 3 is 2.68 bits per heavy atom. The van der Waals surface area contributed by atoms with E-state index in [1.165, 1.54) is 17.0 Å². The normalized spacial score (nSPS) is 11.1. The molecule has 1 aromatic carbocycles. The molecule has 7 heteroatoms. The predicted octanol–water partition coefficient (Wildman–Crippen LogP) is 1.59. The van der Waals surface area contributed by atoms with Crippen LogP contribution in [0.5, 0.6) is 0 Å². The number of halogens is 1. The molecule has 6 nitrogen and oxygen atoms in total. The van der Waals surface area contributed by atoms with Crippen molar-refractivity contribution in [3.05, 3.63) is 35.8 Å². The Kier molecular flexibility index (Phi) is 4.77. The molecule has 0 bridgehead atoms. The van der Waals surface area contributed by atoms with Crippen molar-refractivity contribution in [3.8, 4) is 0 Å². The van der Waals surface area contributed by atoms with Crippen LogP contribution >= 0.6 is 0 Å². The smallest absolute Gasteiger partial charge is 0.277 e. The standard InChI is InChI=1S/C15H20FN5O/c1-20(2)7-4-8-21(15(17)18)14(22)13-9-10-11(16)5-3-6-12(10)19-13/h3,5-6,9,19H,4,7-8H2,1-2H3,(H3,17,18). The van der Waals surface area contributed by atoms with E-state index in [-0.39, 0.29) is 11.7 Å². The van der Waals surface area contributed by atoms with Crippen LogP contribution in [-0.2, 0) is 0 Å². The van der Waals surface area contributed by atoms with E-state index in [0.717, 1.165) is 6.54 Å². The molecule has 118 valence electrons. The maximum atomic E-state index is 13.7. The number of guanidine groups is 1. The van der Waals surface area contributed by atoms with Gasteiger partial charge in [0.15, 0.2) is 5.96 Å². The van der Waals surface area contributed by atoms with Crippen molar-refractivity contribution in [2.75, 3.05) is 27.2 Å². The summed E-state index contributed by atoms with van der Waals surface area (Å²) in [5, 5.41) is 7.92. The van der Waals surface area contributed by atoms with Crippen LogP contribution in [0, 0.1) is 11.2 Å². The van der Waals surface area contributed by atoms with Gasteiger partial charge in [-0.3, -0.25) is 15.1 Å². The Balaban J connectivity index is 2.21. The van der Waals surface area contributed by atoms with Gasteiger partial charge in [0.05, 0.1) is 0 Å². The number of nitrogens with two attached hydrogens (primary N) is 1. The highest BCUT2D eigenvalue weighted by Crippen LogP contribution is 2.19. The lowest BCUT2D eigenvalue weighted by molar-refractivity contribution is 0.0837. The van der Waals surface area contributed by atoms with E-state index in [4.69, 9.17) is 11.1 Å². The summed E-state index contributed by atoms with van der Waals surface area (Å²) < 4.78 is 13.7. The number of fused-ring (bicyclic) bond motifs is 1. The lowest BCUT2D eigenvalue weighted by Crippen LogP contribution is -2.42. The number of benzene rings is 1. The van der Waals surface area contributed by atoms with Crippen molar-refractivity contribution in [2.45, 2.75) is 6.42 Å². The minimum absolute atomic E-state index is 0.222. The average Bonchev–Trinajstić information content (AvgIpc) is 2.88. The number of aromatic amines is 1. The highest BCUT2D eigenvalue weighted by Gasteiger charge is 2.20. The van der Waals surface area contributed by atoms with Gasteiger partial charge in [-0.1, -0.05) is 6.07 Å². The van der Waals surface area contributed by atoms with Crippen molar-refractivity contribution >= 4 is 22.8 Å². The van der Waals surface area contributed by atoms with Gasteiger partial charge < -0.3 is 15.6 Å². The molecule has 0 saturated heterocycles. The first kappa shape index (κ1) is 16.0. The number of aromatic nitrogens is 1. The Hall–Kier alpha value is -2.41. The minimum Gasteiger partial charge on any atom is -0.370 e. The number of H-pyrrole nitrogens is 1. The van der Waals surface area contributed by atoms with Gasteiger partial charge in [-0.15, -0.1) is 0 Å². The maximum Gasteiger partial charge on any atom is 0.277 e. The highest BCUT2D eigenvalue weighted by atomic mass is 19.1. The molecule has 0 aliphatic heterocycles. The maximum absolute atomic E-state index is 13.7. The number of nitrogens with zero attached hydrogens (tertiary/aromatic N) is 2. The van der Waals surface area contributed by atoms with Gasteiger partial charge in [0.25, 0.3) is 5.91 Å². The first-order valence-electron chi connectivity index (χ1n) is 6.98. The minimum atomic E-state index is -0.429. The lowest BCUT2D eigenvalue weighted by Gasteiger charge is -2.20. The Bertz CT molecular complexity index is 694. The monoisotopic (exact) mass is 305 g/mol. The summed E-state index contributed by atoms with van der Waals surface area (Å²) >= 11 is 0. The van der Waals surface area contributed by atoms with Gasteiger partial charge in [-0.25, -0.2) is 4.39 Å². The van der Waals surface area contributed by atoms with E-state index in [0.29, 0.717) is 23.9 Å². The molecule has 0 unspecified atom stereocenters. The van der Waals surface area contributed by atoms with Crippen molar-refractivity contribution in [3.63, 3.8) is 0 Å². The summed E-state index contributed by atoms with van der Waals surface area (Å²) in [5.74, 6) is -1.14. The molecule has 0 saturated carbocycles. The number of carbonyl (C=O) groups excluding carboxylic acids is 1. The molecule has 2 rings (SSSR count). The summed E-state index contributed by atoms with van der Waals surface area (Å²) in [6, 6.07) is 6.06. The molecular weight excluding hydrogens is 285 g/mol. The summed E-state index contributed by atoms with van der Waals surface area (Å²) in [6.07, 6.45) is 0.687. The van der Waals surface area contributed by atoms with Gasteiger partial charge in [-0.2, -0.15) is 0 Å². The van der Waals surface area contributed by atoms with Gasteiger partial charge in [0.1, 0.15) is 11.5 Å². The topological polar surface area (TPSA) is 89.2 Å². The van der Waals surface area contributed by atoms with E-state index in [1.54, 1.807) is 12.1 Å². The van der Waals surface area contributed by atoms with Crippen LogP contribution in [0.25, 0.3) is 10.9 Å². The molecule has 1 aromatic heterocycles. The third-order valence-electron chi connectivity index (χ3n) is 3.36.